The minimum atomic E-state index is -0.557. The lowest BCUT2D eigenvalue weighted by atomic mass is 10.1. The maximum Gasteiger partial charge on any atom is 0.347 e. The molecular formula is C17H16O4. The van der Waals surface area contributed by atoms with E-state index in [0.717, 1.165) is 5.56 Å². The van der Waals surface area contributed by atoms with Gasteiger partial charge in [-0.25, -0.2) is 4.79 Å². The van der Waals surface area contributed by atoms with E-state index in [-0.39, 0.29) is 11.5 Å². The Morgan fingerprint density at radius 3 is 2.33 bits per heavy atom. The number of aryl methyl sites for hydroxylation is 1. The fourth-order valence-electron chi connectivity index (χ4n) is 1.98. The third kappa shape index (κ3) is 3.28. The van der Waals surface area contributed by atoms with Crippen molar-refractivity contribution in [1.82, 2.24) is 0 Å². The Bertz CT molecular complexity index is 689. The number of ketones is 1. The summed E-state index contributed by atoms with van der Waals surface area (Å²) in [6.45, 7) is 3.31. The molecule has 0 aliphatic carbocycles. The van der Waals surface area contributed by atoms with Crippen molar-refractivity contribution in [2.24, 2.45) is 0 Å². The Hall–Kier alpha value is -2.62. The van der Waals surface area contributed by atoms with Gasteiger partial charge in [0.2, 0.25) is 0 Å². The van der Waals surface area contributed by atoms with Crippen molar-refractivity contribution < 1.29 is 19.1 Å². The van der Waals surface area contributed by atoms with Crippen LogP contribution in [0.3, 0.4) is 0 Å². The first-order valence-electron chi connectivity index (χ1n) is 6.49. The second kappa shape index (κ2) is 6.22. The van der Waals surface area contributed by atoms with Gasteiger partial charge in [0, 0.05) is 0 Å². The highest BCUT2D eigenvalue weighted by Crippen LogP contribution is 2.24. The minimum Gasteiger partial charge on any atom is -0.496 e. The van der Waals surface area contributed by atoms with E-state index in [4.69, 9.17) is 9.47 Å². The number of rotatable bonds is 4. The van der Waals surface area contributed by atoms with Crippen molar-refractivity contribution >= 4 is 11.8 Å². The van der Waals surface area contributed by atoms with Crippen LogP contribution in [0, 0.1) is 6.92 Å². The Balaban J connectivity index is 2.34. The van der Waals surface area contributed by atoms with E-state index in [9.17, 15) is 9.59 Å². The Labute approximate surface area is 123 Å². The maximum absolute atomic E-state index is 12.2. The third-order valence-electron chi connectivity index (χ3n) is 3.04. The van der Waals surface area contributed by atoms with Gasteiger partial charge in [0.25, 0.3) is 0 Å². The van der Waals surface area contributed by atoms with Gasteiger partial charge in [0.05, 0.1) is 12.7 Å². The highest BCUT2D eigenvalue weighted by atomic mass is 16.5. The number of esters is 1. The fraction of sp³-hybridized carbons (Fsp3) is 0.176. The molecular weight excluding hydrogens is 268 g/mol. The van der Waals surface area contributed by atoms with Crippen molar-refractivity contribution in [3.05, 3.63) is 59.2 Å². The summed E-state index contributed by atoms with van der Waals surface area (Å²) in [6, 6.07) is 11.9. The van der Waals surface area contributed by atoms with Gasteiger partial charge in [-0.05, 0) is 38.1 Å². The van der Waals surface area contributed by atoms with Crippen LogP contribution in [0.25, 0.3) is 0 Å². The zero-order valence-electron chi connectivity index (χ0n) is 12.2. The number of benzene rings is 2. The van der Waals surface area contributed by atoms with Gasteiger partial charge in [-0.2, -0.15) is 0 Å². The highest BCUT2D eigenvalue weighted by molar-refractivity contribution is 5.99. The summed E-state index contributed by atoms with van der Waals surface area (Å²) in [6.07, 6.45) is 0. The molecule has 0 saturated carbocycles. The maximum atomic E-state index is 12.2. The van der Waals surface area contributed by atoms with Crippen LogP contribution in [0.15, 0.2) is 42.5 Å². The molecule has 4 nitrogen and oxygen atoms in total. The molecule has 0 saturated heterocycles. The van der Waals surface area contributed by atoms with Crippen LogP contribution in [0.5, 0.6) is 11.5 Å². The van der Waals surface area contributed by atoms with Crippen molar-refractivity contribution in [2.45, 2.75) is 13.8 Å². The van der Waals surface area contributed by atoms with Gasteiger partial charge >= 0.3 is 5.97 Å². The number of ether oxygens (including phenoxy) is 2. The molecule has 2 rings (SSSR count). The van der Waals surface area contributed by atoms with E-state index in [1.807, 2.05) is 6.92 Å². The number of para-hydroxylation sites is 1. The van der Waals surface area contributed by atoms with Crippen molar-refractivity contribution in [3.63, 3.8) is 0 Å². The number of carbonyl (C=O) groups is 2. The fourth-order valence-corrected chi connectivity index (χ4v) is 1.98. The molecule has 0 N–H and O–H groups in total. The van der Waals surface area contributed by atoms with Crippen LogP contribution in [-0.4, -0.2) is 18.9 Å². The van der Waals surface area contributed by atoms with E-state index < -0.39 is 5.97 Å². The van der Waals surface area contributed by atoms with Crippen LogP contribution < -0.4 is 9.47 Å². The zero-order chi connectivity index (χ0) is 15.4. The predicted molar refractivity (Wildman–Crippen MR) is 79.1 cm³/mol. The highest BCUT2D eigenvalue weighted by Gasteiger charge is 2.17. The second-order valence-corrected chi connectivity index (χ2v) is 4.65. The molecule has 0 atom stereocenters. The lowest BCUT2D eigenvalue weighted by Crippen LogP contribution is -2.12. The van der Waals surface area contributed by atoms with E-state index in [1.165, 1.54) is 14.0 Å². The Morgan fingerprint density at radius 2 is 1.67 bits per heavy atom. The summed E-state index contributed by atoms with van der Waals surface area (Å²) in [5.41, 5.74) is 1.63. The average Bonchev–Trinajstić information content (AvgIpc) is 2.48. The Kier molecular flexibility index (Phi) is 4.38. The number of methoxy groups -OCH3 is 1. The summed E-state index contributed by atoms with van der Waals surface area (Å²) in [7, 11) is 1.49. The molecule has 0 aromatic heterocycles. The molecule has 0 fully saturated rings. The average molecular weight is 284 g/mol. The third-order valence-corrected chi connectivity index (χ3v) is 3.04. The van der Waals surface area contributed by atoms with Gasteiger partial charge < -0.3 is 9.47 Å². The van der Waals surface area contributed by atoms with Crippen LogP contribution in [-0.2, 0) is 0 Å². The summed E-state index contributed by atoms with van der Waals surface area (Å²) in [4.78, 5) is 23.9. The molecule has 0 amide bonds. The van der Waals surface area contributed by atoms with Gasteiger partial charge in [-0.15, -0.1) is 0 Å². The lowest BCUT2D eigenvalue weighted by molar-refractivity contribution is 0.0729. The van der Waals surface area contributed by atoms with Crippen LogP contribution in [0.4, 0.5) is 0 Å². The first-order chi connectivity index (χ1) is 10.0. The SMILES string of the molecule is COc1ccccc1C(=O)Oc1ccc(C)cc1C(C)=O. The molecule has 2 aromatic rings. The largest absolute Gasteiger partial charge is 0.496 e. The molecule has 0 heterocycles. The molecule has 0 radical (unpaired) electrons. The van der Waals surface area contributed by atoms with E-state index in [0.29, 0.717) is 16.9 Å². The molecule has 0 spiro atoms. The number of hydrogen-bond acceptors (Lipinski definition) is 4. The number of carbonyl (C=O) groups excluding carboxylic acids is 2. The molecule has 108 valence electrons. The summed E-state index contributed by atoms with van der Waals surface area (Å²) < 4.78 is 10.5. The summed E-state index contributed by atoms with van der Waals surface area (Å²) in [5, 5.41) is 0. The monoisotopic (exact) mass is 284 g/mol. The Morgan fingerprint density at radius 1 is 0.952 bits per heavy atom. The topological polar surface area (TPSA) is 52.6 Å². The molecule has 0 aliphatic heterocycles. The predicted octanol–water partition coefficient (Wildman–Crippen LogP) is 3.43. The van der Waals surface area contributed by atoms with Gasteiger partial charge in [-0.3, -0.25) is 4.79 Å². The quantitative estimate of drug-likeness (QED) is 0.490. The molecule has 4 heteroatoms. The number of hydrogen-bond donors (Lipinski definition) is 0. The normalized spacial score (nSPS) is 10.0. The molecule has 21 heavy (non-hydrogen) atoms. The molecule has 0 bridgehead atoms. The molecule has 0 unspecified atom stereocenters. The lowest BCUT2D eigenvalue weighted by Gasteiger charge is -2.11. The van der Waals surface area contributed by atoms with Crippen LogP contribution in [0.2, 0.25) is 0 Å². The van der Waals surface area contributed by atoms with E-state index in [2.05, 4.69) is 0 Å². The molecule has 0 aliphatic rings. The smallest absolute Gasteiger partial charge is 0.347 e. The summed E-state index contributed by atoms with van der Waals surface area (Å²) in [5.74, 6) is -0.0247. The van der Waals surface area contributed by atoms with Gasteiger partial charge in [0.1, 0.15) is 17.1 Å². The first-order valence-corrected chi connectivity index (χ1v) is 6.49. The minimum absolute atomic E-state index is 0.151. The van der Waals surface area contributed by atoms with Gasteiger partial charge in [-0.1, -0.05) is 23.8 Å². The van der Waals surface area contributed by atoms with Gasteiger partial charge in [0.15, 0.2) is 5.78 Å². The van der Waals surface area contributed by atoms with Crippen LogP contribution in [0.1, 0.15) is 33.2 Å². The number of Topliss-reactive ketones (excluding diaryl/α,β-unsaturated/α-hetero) is 1. The standard InChI is InChI=1S/C17H16O4/c1-11-8-9-16(14(10-11)12(2)18)21-17(19)13-6-4-5-7-15(13)20-3/h4-10H,1-3H3. The zero-order valence-corrected chi connectivity index (χ0v) is 12.2. The first kappa shape index (κ1) is 14.8. The summed E-state index contributed by atoms with van der Waals surface area (Å²) >= 11 is 0. The van der Waals surface area contributed by atoms with Crippen molar-refractivity contribution in [2.75, 3.05) is 7.11 Å². The van der Waals surface area contributed by atoms with E-state index in [1.54, 1.807) is 42.5 Å². The van der Waals surface area contributed by atoms with Crippen molar-refractivity contribution in [3.8, 4) is 11.5 Å². The molecule has 2 aromatic carbocycles. The second-order valence-electron chi connectivity index (χ2n) is 4.65. The van der Waals surface area contributed by atoms with Crippen LogP contribution >= 0.6 is 0 Å². The van der Waals surface area contributed by atoms with Crippen molar-refractivity contribution in [1.29, 1.82) is 0 Å². The van der Waals surface area contributed by atoms with E-state index >= 15 is 0 Å².